The Morgan fingerprint density at radius 2 is 1.88 bits per heavy atom. The number of nitrogens with one attached hydrogen (secondary N) is 1. The SMILES string of the molecule is O=C(CN1CCCN(CC2CCCCC2)CC1)NCc1ccco1. The molecule has 0 unspecified atom stereocenters. The van der Waals surface area contributed by atoms with Gasteiger partial charge in [-0.2, -0.15) is 0 Å². The number of hydrogen-bond acceptors (Lipinski definition) is 4. The van der Waals surface area contributed by atoms with Gasteiger partial charge in [-0.15, -0.1) is 0 Å². The van der Waals surface area contributed by atoms with Gasteiger partial charge in [0.1, 0.15) is 5.76 Å². The number of carbonyl (C=O) groups is 1. The second-order valence-corrected chi connectivity index (χ2v) is 7.29. The molecule has 1 N–H and O–H groups in total. The minimum Gasteiger partial charge on any atom is -0.467 e. The molecule has 0 radical (unpaired) electrons. The molecule has 1 saturated heterocycles. The van der Waals surface area contributed by atoms with E-state index in [1.807, 2.05) is 12.1 Å². The first kappa shape index (κ1) is 17.5. The van der Waals surface area contributed by atoms with E-state index in [9.17, 15) is 4.79 Å². The summed E-state index contributed by atoms with van der Waals surface area (Å²) in [7, 11) is 0. The molecule has 0 aromatic carbocycles. The van der Waals surface area contributed by atoms with Crippen LogP contribution in [0.25, 0.3) is 0 Å². The quantitative estimate of drug-likeness (QED) is 0.869. The van der Waals surface area contributed by atoms with Gasteiger partial charge in [-0.1, -0.05) is 19.3 Å². The molecular weight excluding hydrogens is 302 g/mol. The van der Waals surface area contributed by atoms with Gasteiger partial charge >= 0.3 is 0 Å². The lowest BCUT2D eigenvalue weighted by atomic mass is 9.89. The smallest absolute Gasteiger partial charge is 0.234 e. The van der Waals surface area contributed by atoms with Crippen molar-refractivity contribution < 1.29 is 9.21 Å². The topological polar surface area (TPSA) is 48.7 Å². The minimum atomic E-state index is 0.0899. The molecule has 5 nitrogen and oxygen atoms in total. The maximum atomic E-state index is 12.1. The van der Waals surface area contributed by atoms with Crippen LogP contribution in [0.1, 0.15) is 44.3 Å². The lowest BCUT2D eigenvalue weighted by Crippen LogP contribution is -2.39. The van der Waals surface area contributed by atoms with Gasteiger partial charge in [0.25, 0.3) is 0 Å². The normalized spacial score (nSPS) is 21.5. The van der Waals surface area contributed by atoms with Crippen LogP contribution < -0.4 is 5.32 Å². The number of rotatable bonds is 6. The molecule has 2 heterocycles. The Morgan fingerprint density at radius 3 is 2.67 bits per heavy atom. The molecular formula is C19H31N3O2. The van der Waals surface area contributed by atoms with Crippen LogP contribution >= 0.6 is 0 Å². The zero-order valence-corrected chi connectivity index (χ0v) is 14.7. The van der Waals surface area contributed by atoms with E-state index in [1.165, 1.54) is 45.2 Å². The largest absolute Gasteiger partial charge is 0.467 e. The number of amides is 1. The van der Waals surface area contributed by atoms with Crippen molar-refractivity contribution in [2.75, 3.05) is 39.3 Å². The predicted molar refractivity (Wildman–Crippen MR) is 94.6 cm³/mol. The van der Waals surface area contributed by atoms with Gasteiger partial charge in [0, 0.05) is 19.6 Å². The molecule has 2 aliphatic rings. The number of furan rings is 1. The van der Waals surface area contributed by atoms with Crippen molar-refractivity contribution in [2.45, 2.75) is 45.1 Å². The first-order valence-corrected chi connectivity index (χ1v) is 9.53. The summed E-state index contributed by atoms with van der Waals surface area (Å²) >= 11 is 0. The summed E-state index contributed by atoms with van der Waals surface area (Å²) < 4.78 is 5.25. The summed E-state index contributed by atoms with van der Waals surface area (Å²) in [5, 5.41) is 2.94. The van der Waals surface area contributed by atoms with Crippen LogP contribution in [0, 0.1) is 5.92 Å². The monoisotopic (exact) mass is 333 g/mol. The van der Waals surface area contributed by atoms with Gasteiger partial charge in [0.15, 0.2) is 0 Å². The molecule has 1 aliphatic heterocycles. The van der Waals surface area contributed by atoms with E-state index in [0.29, 0.717) is 13.1 Å². The fraction of sp³-hybridized carbons (Fsp3) is 0.737. The Bertz CT molecular complexity index is 483. The van der Waals surface area contributed by atoms with Crippen LogP contribution in [0.15, 0.2) is 22.8 Å². The summed E-state index contributed by atoms with van der Waals surface area (Å²) in [6, 6.07) is 3.73. The number of nitrogens with zero attached hydrogens (tertiary/aromatic N) is 2. The first-order valence-electron chi connectivity index (χ1n) is 9.53. The highest BCUT2D eigenvalue weighted by Crippen LogP contribution is 2.24. The lowest BCUT2D eigenvalue weighted by molar-refractivity contribution is -0.122. The van der Waals surface area contributed by atoms with Crippen LogP contribution in [-0.4, -0.2) is 55.0 Å². The fourth-order valence-electron chi connectivity index (χ4n) is 3.96. The third-order valence-corrected chi connectivity index (χ3v) is 5.33. The molecule has 3 rings (SSSR count). The number of hydrogen-bond donors (Lipinski definition) is 1. The van der Waals surface area contributed by atoms with E-state index in [1.54, 1.807) is 6.26 Å². The predicted octanol–water partition coefficient (Wildman–Crippen LogP) is 2.48. The highest BCUT2D eigenvalue weighted by molar-refractivity contribution is 5.77. The highest BCUT2D eigenvalue weighted by Gasteiger charge is 2.21. The molecule has 5 heteroatoms. The standard InChI is InChI=1S/C19H31N3O2/c23-19(20-14-18-8-4-13-24-18)16-22-10-5-9-21(11-12-22)15-17-6-2-1-3-7-17/h4,8,13,17H,1-3,5-7,9-12,14-16H2,(H,20,23). The van der Waals surface area contributed by atoms with Gasteiger partial charge in [-0.3, -0.25) is 9.69 Å². The van der Waals surface area contributed by atoms with E-state index in [2.05, 4.69) is 15.1 Å². The van der Waals surface area contributed by atoms with E-state index < -0.39 is 0 Å². The molecule has 24 heavy (non-hydrogen) atoms. The Morgan fingerprint density at radius 1 is 1.08 bits per heavy atom. The molecule has 0 atom stereocenters. The van der Waals surface area contributed by atoms with E-state index in [4.69, 9.17) is 4.42 Å². The summed E-state index contributed by atoms with van der Waals surface area (Å²) in [6.07, 6.45) is 9.89. The maximum absolute atomic E-state index is 12.1. The number of carbonyl (C=O) groups excluding carboxylic acids is 1. The van der Waals surface area contributed by atoms with Crippen molar-refractivity contribution >= 4 is 5.91 Å². The molecule has 1 aromatic rings. The molecule has 134 valence electrons. The summed E-state index contributed by atoms with van der Waals surface area (Å²) in [6.45, 7) is 6.54. The van der Waals surface area contributed by atoms with Crippen molar-refractivity contribution in [3.05, 3.63) is 24.2 Å². The second kappa shape index (κ2) is 9.23. The molecule has 0 spiro atoms. The first-order chi connectivity index (χ1) is 11.8. The third-order valence-electron chi connectivity index (χ3n) is 5.33. The van der Waals surface area contributed by atoms with E-state index in [0.717, 1.165) is 37.7 Å². The van der Waals surface area contributed by atoms with Crippen LogP contribution in [0.4, 0.5) is 0 Å². The van der Waals surface area contributed by atoms with Crippen molar-refractivity contribution in [1.29, 1.82) is 0 Å². The van der Waals surface area contributed by atoms with Gasteiger partial charge in [-0.25, -0.2) is 0 Å². The summed E-state index contributed by atoms with van der Waals surface area (Å²) in [5.74, 6) is 1.80. The van der Waals surface area contributed by atoms with Gasteiger partial charge in [-0.05, 0) is 50.4 Å². The summed E-state index contributed by atoms with van der Waals surface area (Å²) in [5.41, 5.74) is 0. The molecule has 1 aliphatic carbocycles. The average Bonchev–Trinajstić information content (AvgIpc) is 3.03. The average molecular weight is 333 g/mol. The molecule has 1 saturated carbocycles. The van der Waals surface area contributed by atoms with E-state index >= 15 is 0 Å². The zero-order valence-electron chi connectivity index (χ0n) is 14.7. The van der Waals surface area contributed by atoms with Crippen molar-refractivity contribution in [1.82, 2.24) is 15.1 Å². The molecule has 1 aromatic heterocycles. The van der Waals surface area contributed by atoms with Crippen LogP contribution in [0.5, 0.6) is 0 Å². The fourth-order valence-corrected chi connectivity index (χ4v) is 3.96. The van der Waals surface area contributed by atoms with Crippen molar-refractivity contribution in [3.8, 4) is 0 Å². The second-order valence-electron chi connectivity index (χ2n) is 7.29. The van der Waals surface area contributed by atoms with Crippen molar-refractivity contribution in [3.63, 3.8) is 0 Å². The molecule has 0 bridgehead atoms. The Kier molecular flexibility index (Phi) is 6.73. The van der Waals surface area contributed by atoms with Crippen molar-refractivity contribution in [2.24, 2.45) is 5.92 Å². The summed E-state index contributed by atoms with van der Waals surface area (Å²) in [4.78, 5) is 17.0. The molecule has 2 fully saturated rings. The highest BCUT2D eigenvalue weighted by atomic mass is 16.3. The Hall–Kier alpha value is -1.33. The van der Waals surface area contributed by atoms with Crippen LogP contribution in [-0.2, 0) is 11.3 Å². The van der Waals surface area contributed by atoms with E-state index in [-0.39, 0.29) is 5.91 Å². The van der Waals surface area contributed by atoms with Gasteiger partial charge in [0.05, 0.1) is 19.4 Å². The lowest BCUT2D eigenvalue weighted by Gasteiger charge is -2.28. The zero-order chi connectivity index (χ0) is 16.6. The Labute approximate surface area is 145 Å². The minimum absolute atomic E-state index is 0.0899. The third kappa shape index (κ3) is 5.64. The van der Waals surface area contributed by atoms with Gasteiger partial charge in [0.2, 0.25) is 5.91 Å². The van der Waals surface area contributed by atoms with Gasteiger partial charge < -0.3 is 14.6 Å². The van der Waals surface area contributed by atoms with Crippen LogP contribution in [0.3, 0.4) is 0 Å². The molecule has 1 amide bonds. The Balaban J connectivity index is 1.36. The maximum Gasteiger partial charge on any atom is 0.234 e. The van der Waals surface area contributed by atoms with Crippen LogP contribution in [0.2, 0.25) is 0 Å².